The van der Waals surface area contributed by atoms with Gasteiger partial charge in [0.25, 0.3) is 0 Å². The van der Waals surface area contributed by atoms with Crippen molar-refractivity contribution in [3.63, 3.8) is 0 Å². The summed E-state index contributed by atoms with van der Waals surface area (Å²) in [6, 6.07) is 5.33. The smallest absolute Gasteiger partial charge is 0.145 e. The fourth-order valence-electron chi connectivity index (χ4n) is 5.05. The lowest BCUT2D eigenvalue weighted by Crippen LogP contribution is -2.37. The molecule has 4 heterocycles. The second-order valence-corrected chi connectivity index (χ2v) is 8.56. The van der Waals surface area contributed by atoms with Gasteiger partial charge in [-0.1, -0.05) is 6.07 Å². The number of ether oxygens (including phenoxy) is 1. The van der Waals surface area contributed by atoms with Crippen molar-refractivity contribution in [2.45, 2.75) is 50.0 Å². The molecule has 5 unspecified atom stereocenters. The summed E-state index contributed by atoms with van der Waals surface area (Å²) in [6.45, 7) is 0.433. The third kappa shape index (κ3) is 3.10. The topological polar surface area (TPSA) is 145 Å². The van der Waals surface area contributed by atoms with Gasteiger partial charge in [-0.15, -0.1) is 0 Å². The number of nitrogens with two attached hydrogens (primary N) is 2. The fraction of sp³-hybridized carbons (Fsp3) is 0.476. The number of nitrogen functional groups attached to an aromatic ring is 2. The van der Waals surface area contributed by atoms with Crippen LogP contribution in [-0.4, -0.2) is 54.7 Å². The third-order valence-corrected chi connectivity index (χ3v) is 6.70. The van der Waals surface area contributed by atoms with E-state index in [1.54, 1.807) is 12.3 Å². The molecule has 1 aliphatic heterocycles. The van der Waals surface area contributed by atoms with Crippen LogP contribution in [0.3, 0.4) is 0 Å². The van der Waals surface area contributed by atoms with Crippen molar-refractivity contribution < 1.29 is 14.9 Å². The summed E-state index contributed by atoms with van der Waals surface area (Å²) in [5.41, 5.74) is 12.9. The van der Waals surface area contributed by atoms with E-state index in [9.17, 15) is 10.2 Å². The minimum Gasteiger partial charge on any atom is -0.390 e. The van der Waals surface area contributed by atoms with Crippen molar-refractivity contribution in [1.82, 2.24) is 19.5 Å². The molecule has 1 saturated carbocycles. The van der Waals surface area contributed by atoms with Crippen LogP contribution in [0.15, 0.2) is 36.9 Å². The van der Waals surface area contributed by atoms with Gasteiger partial charge < -0.3 is 31.0 Å². The van der Waals surface area contributed by atoms with Gasteiger partial charge in [-0.3, -0.25) is 0 Å². The van der Waals surface area contributed by atoms with E-state index >= 15 is 0 Å². The highest BCUT2D eigenvalue weighted by molar-refractivity contribution is 5.86. The molecule has 9 nitrogen and oxygen atoms in total. The Bertz CT molecular complexity index is 1050. The number of hydrogen-bond donors (Lipinski definition) is 4. The van der Waals surface area contributed by atoms with Gasteiger partial charge in [0.15, 0.2) is 0 Å². The Morgan fingerprint density at radius 2 is 2.00 bits per heavy atom. The van der Waals surface area contributed by atoms with Crippen LogP contribution in [0.1, 0.15) is 30.9 Å². The minimum atomic E-state index is -0.902. The van der Waals surface area contributed by atoms with Crippen LogP contribution >= 0.6 is 0 Å². The van der Waals surface area contributed by atoms with Gasteiger partial charge in [0.05, 0.1) is 30.2 Å². The molecule has 9 heteroatoms. The Kier molecular flexibility index (Phi) is 4.61. The number of aliphatic hydroxyl groups excluding tert-OH is 2. The average molecular weight is 410 g/mol. The lowest BCUT2D eigenvalue weighted by atomic mass is 9.80. The fourth-order valence-corrected chi connectivity index (χ4v) is 5.05. The van der Waals surface area contributed by atoms with Crippen molar-refractivity contribution in [1.29, 1.82) is 0 Å². The van der Waals surface area contributed by atoms with E-state index in [2.05, 4.69) is 15.0 Å². The van der Waals surface area contributed by atoms with Crippen molar-refractivity contribution in [3.8, 4) is 0 Å². The van der Waals surface area contributed by atoms with E-state index in [-0.39, 0.29) is 12.1 Å². The molecular weight excluding hydrogens is 384 g/mol. The van der Waals surface area contributed by atoms with E-state index < -0.39 is 17.6 Å². The molecule has 30 heavy (non-hydrogen) atoms. The van der Waals surface area contributed by atoms with Gasteiger partial charge in [0.2, 0.25) is 0 Å². The number of aliphatic hydroxyl groups is 2. The van der Waals surface area contributed by atoms with Crippen molar-refractivity contribution >= 4 is 22.7 Å². The predicted molar refractivity (Wildman–Crippen MR) is 111 cm³/mol. The van der Waals surface area contributed by atoms with Crippen LogP contribution in [0, 0.1) is 5.41 Å². The Labute approximate surface area is 173 Å². The number of aromatic nitrogens is 4. The zero-order chi connectivity index (χ0) is 20.9. The monoisotopic (exact) mass is 410 g/mol. The molecule has 0 amide bonds. The highest BCUT2D eigenvalue weighted by atomic mass is 16.5. The van der Waals surface area contributed by atoms with Crippen LogP contribution in [0.4, 0.5) is 11.6 Å². The van der Waals surface area contributed by atoms with E-state index in [4.69, 9.17) is 16.2 Å². The quantitative estimate of drug-likeness (QED) is 0.500. The third-order valence-electron chi connectivity index (χ3n) is 6.70. The summed E-state index contributed by atoms with van der Waals surface area (Å²) in [7, 11) is 0. The van der Waals surface area contributed by atoms with Crippen molar-refractivity contribution in [2.75, 3.05) is 18.1 Å². The molecule has 0 aromatic carbocycles. The van der Waals surface area contributed by atoms with Gasteiger partial charge >= 0.3 is 0 Å². The maximum Gasteiger partial charge on any atom is 0.145 e. The average Bonchev–Trinajstić information content (AvgIpc) is 3.42. The standard InChI is InChI=1S/C21H26N6O3/c22-16-4-2-12(9-24-16)1-3-13-7-21(10-30-13)8-15(17(28)18(21)29)27-6-5-14-19(23)25-11-26-20(14)27/h2,4-6,9,11,13,15,17-18,28-29H,1,3,7-8,10H2,(H2,22,24)(H2,23,25,26). The zero-order valence-corrected chi connectivity index (χ0v) is 16.6. The maximum atomic E-state index is 11.0. The number of hydrogen-bond acceptors (Lipinski definition) is 8. The van der Waals surface area contributed by atoms with Crippen molar-refractivity contribution in [2.24, 2.45) is 5.41 Å². The number of pyridine rings is 1. The van der Waals surface area contributed by atoms with Crippen molar-refractivity contribution in [3.05, 3.63) is 42.5 Å². The Balaban J connectivity index is 1.32. The molecule has 3 aromatic heterocycles. The van der Waals surface area contributed by atoms with E-state index in [1.165, 1.54) is 6.33 Å². The molecule has 1 spiro atoms. The molecule has 3 aromatic rings. The van der Waals surface area contributed by atoms with Crippen LogP contribution in [0.5, 0.6) is 0 Å². The molecule has 1 aliphatic carbocycles. The summed E-state index contributed by atoms with van der Waals surface area (Å²) >= 11 is 0. The normalized spacial score (nSPS) is 31.1. The molecule has 2 fully saturated rings. The molecule has 5 rings (SSSR count). The first-order valence-electron chi connectivity index (χ1n) is 10.2. The maximum absolute atomic E-state index is 11.0. The largest absolute Gasteiger partial charge is 0.390 e. The Hall–Kier alpha value is -2.75. The SMILES string of the molecule is Nc1ccc(CCC2CC3(CO2)CC(n2ccc4c(N)ncnc42)C(O)C3O)cn1. The predicted octanol–water partition coefficient (Wildman–Crippen LogP) is 1.07. The van der Waals surface area contributed by atoms with Crippen LogP contribution < -0.4 is 11.5 Å². The lowest BCUT2D eigenvalue weighted by Gasteiger charge is -2.26. The van der Waals surface area contributed by atoms with Crippen LogP contribution in [0.25, 0.3) is 11.0 Å². The number of fused-ring (bicyclic) bond motifs is 1. The summed E-state index contributed by atoms with van der Waals surface area (Å²) < 4.78 is 7.96. The molecule has 1 saturated heterocycles. The summed E-state index contributed by atoms with van der Waals surface area (Å²) in [6.07, 6.45) is 6.31. The molecule has 158 valence electrons. The minimum absolute atomic E-state index is 0.0301. The zero-order valence-electron chi connectivity index (χ0n) is 16.6. The highest BCUT2D eigenvalue weighted by Gasteiger charge is 2.57. The highest BCUT2D eigenvalue weighted by Crippen LogP contribution is 2.52. The van der Waals surface area contributed by atoms with Gasteiger partial charge in [-0.05, 0) is 43.4 Å². The second kappa shape index (κ2) is 7.19. The summed E-state index contributed by atoms with van der Waals surface area (Å²) in [5, 5.41) is 22.6. The molecule has 5 atom stereocenters. The number of nitrogens with zero attached hydrogens (tertiary/aromatic N) is 4. The first kappa shape index (κ1) is 19.2. The number of rotatable bonds is 4. The number of aryl methyl sites for hydroxylation is 1. The molecule has 2 aliphatic rings. The van der Waals surface area contributed by atoms with Gasteiger partial charge in [-0.2, -0.15) is 0 Å². The van der Waals surface area contributed by atoms with Crippen LogP contribution in [0.2, 0.25) is 0 Å². The first-order valence-corrected chi connectivity index (χ1v) is 10.2. The Morgan fingerprint density at radius 3 is 2.80 bits per heavy atom. The van der Waals surface area contributed by atoms with Gasteiger partial charge in [0, 0.05) is 17.8 Å². The van der Waals surface area contributed by atoms with E-state index in [0.29, 0.717) is 36.7 Å². The first-order chi connectivity index (χ1) is 14.5. The number of anilines is 2. The van der Waals surface area contributed by atoms with Gasteiger partial charge in [-0.25, -0.2) is 15.0 Å². The second-order valence-electron chi connectivity index (χ2n) is 8.56. The summed E-state index contributed by atoms with van der Waals surface area (Å²) in [4.78, 5) is 12.5. The molecule has 0 bridgehead atoms. The molecule has 0 radical (unpaired) electrons. The van der Waals surface area contributed by atoms with Gasteiger partial charge in [0.1, 0.15) is 29.7 Å². The molecule has 6 N–H and O–H groups in total. The van der Waals surface area contributed by atoms with Crippen LogP contribution in [-0.2, 0) is 11.2 Å². The van der Waals surface area contributed by atoms with E-state index in [1.807, 2.05) is 22.9 Å². The Morgan fingerprint density at radius 1 is 1.13 bits per heavy atom. The van der Waals surface area contributed by atoms with E-state index in [0.717, 1.165) is 23.8 Å². The lowest BCUT2D eigenvalue weighted by molar-refractivity contribution is -0.0309. The molecular formula is C21H26N6O3. The summed E-state index contributed by atoms with van der Waals surface area (Å²) in [5.74, 6) is 0.913.